The molecule has 31 heavy (non-hydrogen) atoms. The minimum atomic E-state index is -4.67. The van der Waals surface area contributed by atoms with Crippen molar-refractivity contribution in [1.82, 2.24) is 9.55 Å². The van der Waals surface area contributed by atoms with Crippen molar-refractivity contribution in [3.63, 3.8) is 0 Å². The molecule has 0 radical (unpaired) electrons. The lowest BCUT2D eigenvalue weighted by atomic mass is 10.1. The van der Waals surface area contributed by atoms with E-state index in [-0.39, 0.29) is 18.7 Å². The molecule has 0 atom stereocenters. The number of nitrogens with zero attached hydrogens (tertiary/aromatic N) is 2. The summed E-state index contributed by atoms with van der Waals surface area (Å²) in [4.78, 5) is 4.19. The first-order valence-electron chi connectivity index (χ1n) is 9.68. The number of benzene rings is 1. The molecule has 0 saturated heterocycles. The fourth-order valence-corrected chi connectivity index (χ4v) is 3.20. The number of rotatable bonds is 8. The standard InChI is InChI=1S/C22H21F5N2O2/c1-2-15-5-6-16(12-28-15)29-8-7-17(22(25,26)27)20(29)13-31-21-18(23)10-14(4-3-9-30)11-19(21)24/h5-8,10-12,30H,2-4,9,13H2,1H3. The number of halogens is 5. The lowest BCUT2D eigenvalue weighted by Crippen LogP contribution is -2.13. The summed E-state index contributed by atoms with van der Waals surface area (Å²) in [5.74, 6) is -2.80. The molecule has 0 saturated carbocycles. The van der Waals surface area contributed by atoms with Crippen molar-refractivity contribution in [3.8, 4) is 11.4 Å². The van der Waals surface area contributed by atoms with Crippen molar-refractivity contribution in [1.29, 1.82) is 0 Å². The van der Waals surface area contributed by atoms with E-state index in [1.807, 2.05) is 6.92 Å². The van der Waals surface area contributed by atoms with E-state index < -0.39 is 35.7 Å². The Morgan fingerprint density at radius 1 is 1.10 bits per heavy atom. The average Bonchev–Trinajstić information content (AvgIpc) is 3.16. The van der Waals surface area contributed by atoms with Crippen LogP contribution in [0.5, 0.6) is 5.75 Å². The number of hydrogen-bond donors (Lipinski definition) is 1. The summed E-state index contributed by atoms with van der Waals surface area (Å²) in [5, 5.41) is 8.84. The Kier molecular flexibility index (Phi) is 6.94. The Hall–Kier alpha value is -2.94. The van der Waals surface area contributed by atoms with Crippen LogP contribution in [0.4, 0.5) is 22.0 Å². The topological polar surface area (TPSA) is 47.3 Å². The van der Waals surface area contributed by atoms with Crippen LogP contribution in [0, 0.1) is 11.6 Å². The Morgan fingerprint density at radius 2 is 1.81 bits per heavy atom. The maximum atomic E-state index is 14.3. The molecule has 0 fully saturated rings. The van der Waals surface area contributed by atoms with Gasteiger partial charge in [0.25, 0.3) is 0 Å². The summed E-state index contributed by atoms with van der Waals surface area (Å²) in [7, 11) is 0. The normalized spacial score (nSPS) is 11.7. The Bertz CT molecular complexity index is 1010. The van der Waals surface area contributed by atoms with Crippen LogP contribution in [-0.4, -0.2) is 21.3 Å². The SMILES string of the molecule is CCc1ccc(-n2ccc(C(F)(F)F)c2COc2c(F)cc(CCCO)cc2F)cn1. The molecular weight excluding hydrogens is 419 g/mol. The highest BCUT2D eigenvalue weighted by Crippen LogP contribution is 2.35. The number of aryl methyl sites for hydroxylation is 2. The second kappa shape index (κ2) is 9.47. The molecule has 166 valence electrons. The van der Waals surface area contributed by atoms with E-state index in [9.17, 15) is 22.0 Å². The van der Waals surface area contributed by atoms with Gasteiger partial charge in [0.15, 0.2) is 17.4 Å². The van der Waals surface area contributed by atoms with Crippen LogP contribution in [0.3, 0.4) is 0 Å². The molecule has 0 spiro atoms. The molecule has 1 aromatic carbocycles. The molecule has 0 bridgehead atoms. The zero-order valence-electron chi connectivity index (χ0n) is 16.7. The third-order valence-electron chi connectivity index (χ3n) is 4.78. The fraction of sp³-hybridized carbons (Fsp3) is 0.318. The Morgan fingerprint density at radius 3 is 2.35 bits per heavy atom. The quantitative estimate of drug-likeness (QED) is 0.488. The van der Waals surface area contributed by atoms with E-state index in [1.54, 1.807) is 12.1 Å². The zero-order chi connectivity index (χ0) is 22.6. The molecule has 4 nitrogen and oxygen atoms in total. The van der Waals surface area contributed by atoms with Gasteiger partial charge in [-0.3, -0.25) is 4.98 Å². The minimum Gasteiger partial charge on any atom is -0.481 e. The fourth-order valence-electron chi connectivity index (χ4n) is 3.20. The number of alkyl halides is 3. The van der Waals surface area contributed by atoms with Gasteiger partial charge in [-0.15, -0.1) is 0 Å². The molecule has 0 unspecified atom stereocenters. The van der Waals surface area contributed by atoms with E-state index in [1.165, 1.54) is 17.0 Å². The van der Waals surface area contributed by atoms with Gasteiger partial charge in [-0.25, -0.2) is 8.78 Å². The number of aliphatic hydroxyl groups excluding tert-OH is 1. The molecule has 0 aliphatic heterocycles. The number of aromatic nitrogens is 2. The van der Waals surface area contributed by atoms with E-state index in [2.05, 4.69) is 4.98 Å². The Balaban J connectivity index is 1.92. The summed E-state index contributed by atoms with van der Waals surface area (Å²) in [5.41, 5.74) is 0.189. The van der Waals surface area contributed by atoms with Gasteiger partial charge in [-0.05, 0) is 55.2 Å². The number of pyridine rings is 1. The molecule has 0 aliphatic rings. The van der Waals surface area contributed by atoms with Crippen LogP contribution < -0.4 is 4.74 Å². The Labute approximate surface area is 175 Å². The second-order valence-corrected chi connectivity index (χ2v) is 6.91. The minimum absolute atomic E-state index is 0.132. The number of ether oxygens (including phenoxy) is 1. The van der Waals surface area contributed by atoms with E-state index in [4.69, 9.17) is 9.84 Å². The highest BCUT2D eigenvalue weighted by Gasteiger charge is 2.36. The van der Waals surface area contributed by atoms with Crippen molar-refractivity contribution >= 4 is 0 Å². The predicted octanol–water partition coefficient (Wildman–Crippen LogP) is 5.24. The lowest BCUT2D eigenvalue weighted by molar-refractivity contribution is -0.138. The first kappa shape index (κ1) is 22.7. The highest BCUT2D eigenvalue weighted by molar-refractivity contribution is 5.39. The lowest BCUT2D eigenvalue weighted by Gasteiger charge is -2.15. The van der Waals surface area contributed by atoms with Gasteiger partial charge in [0.1, 0.15) is 6.61 Å². The highest BCUT2D eigenvalue weighted by atomic mass is 19.4. The smallest absolute Gasteiger partial charge is 0.418 e. The van der Waals surface area contributed by atoms with Crippen molar-refractivity contribution in [2.45, 2.75) is 39.0 Å². The maximum Gasteiger partial charge on any atom is 0.418 e. The van der Waals surface area contributed by atoms with Gasteiger partial charge in [0.2, 0.25) is 0 Å². The van der Waals surface area contributed by atoms with Crippen LogP contribution in [0.25, 0.3) is 5.69 Å². The summed E-state index contributed by atoms with van der Waals surface area (Å²) in [6, 6.07) is 6.29. The first-order valence-corrected chi connectivity index (χ1v) is 9.68. The summed E-state index contributed by atoms with van der Waals surface area (Å²) < 4.78 is 75.6. The largest absolute Gasteiger partial charge is 0.481 e. The van der Waals surface area contributed by atoms with E-state index in [0.29, 0.717) is 24.1 Å². The number of hydrogen-bond acceptors (Lipinski definition) is 3. The van der Waals surface area contributed by atoms with Crippen molar-refractivity contribution in [2.24, 2.45) is 0 Å². The molecule has 2 aromatic heterocycles. The molecule has 9 heteroatoms. The summed E-state index contributed by atoms with van der Waals surface area (Å²) in [6.07, 6.45) is -0.776. The van der Waals surface area contributed by atoms with Crippen LogP contribution in [-0.2, 0) is 25.6 Å². The van der Waals surface area contributed by atoms with Gasteiger partial charge in [0.05, 0.1) is 23.1 Å². The third kappa shape index (κ3) is 5.22. The van der Waals surface area contributed by atoms with Crippen molar-refractivity contribution in [2.75, 3.05) is 6.61 Å². The molecule has 3 rings (SSSR count). The van der Waals surface area contributed by atoms with Crippen molar-refractivity contribution < 1.29 is 31.8 Å². The van der Waals surface area contributed by atoms with Gasteiger partial charge < -0.3 is 14.4 Å². The molecular formula is C22H21F5N2O2. The zero-order valence-corrected chi connectivity index (χ0v) is 16.7. The van der Waals surface area contributed by atoms with Gasteiger partial charge in [-0.2, -0.15) is 13.2 Å². The van der Waals surface area contributed by atoms with Gasteiger partial charge in [-0.1, -0.05) is 6.92 Å². The van der Waals surface area contributed by atoms with Crippen LogP contribution in [0.1, 0.15) is 35.9 Å². The average molecular weight is 440 g/mol. The van der Waals surface area contributed by atoms with Crippen molar-refractivity contribution in [3.05, 3.63) is 76.9 Å². The molecule has 0 aliphatic carbocycles. The van der Waals surface area contributed by atoms with E-state index >= 15 is 0 Å². The number of aliphatic hydroxyl groups is 1. The first-order chi connectivity index (χ1) is 14.7. The van der Waals surface area contributed by atoms with Crippen LogP contribution in [0.2, 0.25) is 0 Å². The van der Waals surface area contributed by atoms with Crippen LogP contribution >= 0.6 is 0 Å². The molecule has 1 N–H and O–H groups in total. The molecule has 3 aromatic rings. The maximum absolute atomic E-state index is 14.3. The monoisotopic (exact) mass is 440 g/mol. The second-order valence-electron chi connectivity index (χ2n) is 6.91. The van der Waals surface area contributed by atoms with Gasteiger partial charge in [0, 0.05) is 18.5 Å². The van der Waals surface area contributed by atoms with Crippen LogP contribution in [0.15, 0.2) is 42.7 Å². The molecule has 2 heterocycles. The molecule has 0 amide bonds. The summed E-state index contributed by atoms with van der Waals surface area (Å²) >= 11 is 0. The van der Waals surface area contributed by atoms with E-state index in [0.717, 1.165) is 23.9 Å². The van der Waals surface area contributed by atoms with Gasteiger partial charge >= 0.3 is 6.18 Å². The summed E-state index contributed by atoms with van der Waals surface area (Å²) in [6.45, 7) is 1.06. The predicted molar refractivity (Wildman–Crippen MR) is 104 cm³/mol. The third-order valence-corrected chi connectivity index (χ3v) is 4.78.